The van der Waals surface area contributed by atoms with E-state index in [2.05, 4.69) is 20.7 Å². The highest BCUT2D eigenvalue weighted by molar-refractivity contribution is 7.80. The van der Waals surface area contributed by atoms with E-state index in [1.807, 2.05) is 0 Å². The molecule has 7 nitrogen and oxygen atoms in total. The van der Waals surface area contributed by atoms with Crippen LogP contribution in [0.4, 0.5) is 10.9 Å². The van der Waals surface area contributed by atoms with Crippen molar-refractivity contribution in [3.63, 3.8) is 0 Å². The molecule has 11 heteroatoms. The Labute approximate surface area is 205 Å². The van der Waals surface area contributed by atoms with Gasteiger partial charge in [-0.2, -0.15) is 0 Å². The number of benzene rings is 1. The maximum atomic E-state index is 12.5. The Morgan fingerprint density at radius 1 is 1.22 bits per heavy atom. The number of aromatic nitrogens is 3. The molecule has 0 saturated heterocycles. The summed E-state index contributed by atoms with van der Waals surface area (Å²) in [6.45, 7) is 0.373. The van der Waals surface area contributed by atoms with Gasteiger partial charge in [0.1, 0.15) is 11.3 Å². The molecular weight excluding hydrogens is 489 g/mol. The van der Waals surface area contributed by atoms with Crippen LogP contribution >= 0.6 is 46.8 Å². The second-order valence-corrected chi connectivity index (χ2v) is 9.63. The summed E-state index contributed by atoms with van der Waals surface area (Å²) in [5, 5.41) is 12.6. The van der Waals surface area contributed by atoms with Gasteiger partial charge in [-0.05, 0) is 55.6 Å². The number of hydrogen-bond donors (Lipinski definition) is 2. The highest BCUT2D eigenvalue weighted by Gasteiger charge is 2.26. The number of thiocarbonyl (C=S) groups is 1. The zero-order valence-corrected chi connectivity index (χ0v) is 20.4. The molecule has 1 aliphatic carbocycles. The highest BCUT2D eigenvalue weighted by atomic mass is 35.5. The fourth-order valence-corrected chi connectivity index (χ4v) is 5.71. The quantitative estimate of drug-likeness (QED) is 0.264. The third-order valence-electron chi connectivity index (χ3n) is 5.18. The van der Waals surface area contributed by atoms with E-state index in [0.29, 0.717) is 38.2 Å². The maximum Gasteiger partial charge on any atom is 0.341 e. The van der Waals surface area contributed by atoms with Gasteiger partial charge in [0, 0.05) is 20.5 Å². The Balaban J connectivity index is 1.47. The van der Waals surface area contributed by atoms with E-state index in [1.165, 1.54) is 18.4 Å². The van der Waals surface area contributed by atoms with Crippen LogP contribution in [-0.2, 0) is 24.1 Å². The number of carbonyl (C=O) groups excluding carboxylic acids is 1. The molecule has 0 unspecified atom stereocenters. The molecule has 0 atom stereocenters. The third-order valence-corrected chi connectivity index (χ3v) is 7.30. The van der Waals surface area contributed by atoms with Gasteiger partial charge in [0.05, 0.1) is 19.2 Å². The molecule has 1 aliphatic rings. The standard InChI is InChI=1S/C21H21Cl2N5O2S2/c1-30-19(29)17-12-6-3-2-4-9-16(12)32-18(17)25-21(31)26-20-24-11-28(27-20)10-13-14(22)7-5-8-15(13)23/h5,7-8,11H,2-4,6,9-10H2,1H3,(H2,25,26,27,31). The first-order valence-corrected chi connectivity index (χ1v) is 12.1. The number of fused-ring (bicyclic) bond motifs is 1. The Morgan fingerprint density at radius 3 is 2.72 bits per heavy atom. The predicted molar refractivity (Wildman–Crippen MR) is 132 cm³/mol. The van der Waals surface area contributed by atoms with Gasteiger partial charge in [0.2, 0.25) is 5.95 Å². The van der Waals surface area contributed by atoms with Crippen molar-refractivity contribution >= 4 is 68.8 Å². The van der Waals surface area contributed by atoms with Crippen molar-refractivity contribution in [2.45, 2.75) is 38.6 Å². The smallest absolute Gasteiger partial charge is 0.341 e. The first kappa shape index (κ1) is 23.0. The normalized spacial score (nSPS) is 13.2. The van der Waals surface area contributed by atoms with Crippen molar-refractivity contribution in [1.29, 1.82) is 0 Å². The zero-order valence-electron chi connectivity index (χ0n) is 17.3. The van der Waals surface area contributed by atoms with Gasteiger partial charge in [0.15, 0.2) is 5.11 Å². The summed E-state index contributed by atoms with van der Waals surface area (Å²) >= 11 is 19.5. The summed E-state index contributed by atoms with van der Waals surface area (Å²) in [6, 6.07) is 5.35. The lowest BCUT2D eigenvalue weighted by molar-refractivity contribution is 0.0601. The highest BCUT2D eigenvalue weighted by Crippen LogP contribution is 2.38. The van der Waals surface area contributed by atoms with E-state index >= 15 is 0 Å². The lowest BCUT2D eigenvalue weighted by atomic mass is 10.1. The molecule has 1 aromatic carbocycles. The molecule has 168 valence electrons. The molecule has 2 N–H and O–H groups in total. The number of thiophene rings is 1. The minimum absolute atomic E-state index is 0.292. The van der Waals surface area contributed by atoms with Crippen molar-refractivity contribution in [3.8, 4) is 0 Å². The van der Waals surface area contributed by atoms with Gasteiger partial charge >= 0.3 is 5.97 Å². The molecular formula is C21H21Cl2N5O2S2. The van der Waals surface area contributed by atoms with Crippen LogP contribution in [0.15, 0.2) is 24.5 Å². The predicted octanol–water partition coefficient (Wildman–Crippen LogP) is 5.56. The molecule has 3 aromatic rings. The van der Waals surface area contributed by atoms with Crippen LogP contribution in [0.5, 0.6) is 0 Å². The number of esters is 1. The summed E-state index contributed by atoms with van der Waals surface area (Å²) in [5.74, 6) is -0.0304. The molecule has 0 bridgehead atoms. The fraction of sp³-hybridized carbons (Fsp3) is 0.333. The third kappa shape index (κ3) is 5.06. The van der Waals surface area contributed by atoms with Crippen LogP contribution in [0, 0.1) is 0 Å². The minimum atomic E-state index is -0.353. The van der Waals surface area contributed by atoms with E-state index < -0.39 is 0 Å². The summed E-state index contributed by atoms with van der Waals surface area (Å²) in [6.07, 6.45) is 6.74. The van der Waals surface area contributed by atoms with Crippen molar-refractivity contribution in [2.75, 3.05) is 17.7 Å². The van der Waals surface area contributed by atoms with Crippen molar-refractivity contribution in [1.82, 2.24) is 14.8 Å². The summed E-state index contributed by atoms with van der Waals surface area (Å²) in [4.78, 5) is 17.9. The van der Waals surface area contributed by atoms with Crippen LogP contribution in [0.2, 0.25) is 10.0 Å². The number of nitrogens with zero attached hydrogens (tertiary/aromatic N) is 3. The van der Waals surface area contributed by atoms with Gasteiger partial charge in [-0.25, -0.2) is 14.5 Å². The summed E-state index contributed by atoms with van der Waals surface area (Å²) in [7, 11) is 1.39. The number of anilines is 2. The zero-order chi connectivity index (χ0) is 22.7. The minimum Gasteiger partial charge on any atom is -0.465 e. The molecule has 0 aliphatic heterocycles. The molecule has 32 heavy (non-hydrogen) atoms. The molecule has 0 spiro atoms. The average Bonchev–Trinajstić information content (AvgIpc) is 3.26. The second-order valence-electron chi connectivity index (χ2n) is 7.31. The van der Waals surface area contributed by atoms with Gasteiger partial charge in [-0.1, -0.05) is 35.7 Å². The average molecular weight is 510 g/mol. The Kier molecular flexibility index (Phi) is 7.30. The molecule has 0 saturated carbocycles. The summed E-state index contributed by atoms with van der Waals surface area (Å²) < 4.78 is 6.65. The van der Waals surface area contributed by atoms with Crippen molar-refractivity contribution in [3.05, 3.63) is 56.1 Å². The number of methoxy groups -OCH3 is 1. The molecule has 0 fully saturated rings. The first-order chi connectivity index (χ1) is 15.5. The van der Waals surface area contributed by atoms with Crippen LogP contribution in [0.3, 0.4) is 0 Å². The molecule has 4 rings (SSSR count). The van der Waals surface area contributed by atoms with Crippen LogP contribution in [0.1, 0.15) is 45.6 Å². The van der Waals surface area contributed by atoms with E-state index in [4.69, 9.17) is 40.2 Å². The van der Waals surface area contributed by atoms with E-state index in [0.717, 1.165) is 36.8 Å². The second kappa shape index (κ2) is 10.2. The van der Waals surface area contributed by atoms with Crippen molar-refractivity contribution in [2.24, 2.45) is 0 Å². The summed E-state index contributed by atoms with van der Waals surface area (Å²) in [5.41, 5.74) is 2.41. The van der Waals surface area contributed by atoms with E-state index in [-0.39, 0.29) is 5.97 Å². The molecule has 0 amide bonds. The maximum absolute atomic E-state index is 12.5. The van der Waals surface area contributed by atoms with Gasteiger partial charge in [-0.3, -0.25) is 5.32 Å². The van der Waals surface area contributed by atoms with Gasteiger partial charge in [-0.15, -0.1) is 16.4 Å². The van der Waals surface area contributed by atoms with Crippen LogP contribution in [-0.4, -0.2) is 33.0 Å². The number of rotatable bonds is 5. The molecule has 2 heterocycles. The SMILES string of the molecule is COC(=O)c1c(NC(=S)Nc2ncn(Cc3c(Cl)cccc3Cl)n2)sc2c1CCCCC2. The number of halogens is 2. The van der Waals surface area contributed by atoms with Gasteiger partial charge in [0.25, 0.3) is 0 Å². The van der Waals surface area contributed by atoms with Crippen LogP contribution < -0.4 is 10.6 Å². The number of nitrogens with one attached hydrogen (secondary N) is 2. The monoisotopic (exact) mass is 509 g/mol. The number of hydrogen-bond acceptors (Lipinski definition) is 6. The Morgan fingerprint density at radius 2 is 1.97 bits per heavy atom. The van der Waals surface area contributed by atoms with E-state index in [9.17, 15) is 4.79 Å². The number of aryl methyl sites for hydroxylation is 1. The van der Waals surface area contributed by atoms with E-state index in [1.54, 1.807) is 40.5 Å². The lowest BCUT2D eigenvalue weighted by Gasteiger charge is -2.09. The fourth-order valence-electron chi connectivity index (χ4n) is 3.66. The number of ether oxygens (including phenoxy) is 1. The van der Waals surface area contributed by atoms with Crippen LogP contribution in [0.25, 0.3) is 0 Å². The molecule has 2 aromatic heterocycles. The number of carbonyl (C=O) groups is 1. The van der Waals surface area contributed by atoms with Crippen molar-refractivity contribution < 1.29 is 9.53 Å². The topological polar surface area (TPSA) is 81.1 Å². The Hall–Kier alpha value is -2.20. The van der Waals surface area contributed by atoms with Gasteiger partial charge < -0.3 is 10.1 Å². The molecule has 0 radical (unpaired) electrons. The lowest BCUT2D eigenvalue weighted by Crippen LogP contribution is -2.21. The largest absolute Gasteiger partial charge is 0.465 e. The first-order valence-electron chi connectivity index (χ1n) is 10.1. The Bertz CT molecular complexity index is 1140.